The van der Waals surface area contributed by atoms with Crippen LogP contribution in [0.2, 0.25) is 0 Å². The molecule has 122 valence electrons. The molecular weight excluding hydrogens is 306 g/mol. The maximum Gasteiger partial charge on any atom is 0.256 e. The van der Waals surface area contributed by atoms with Crippen molar-refractivity contribution in [3.63, 3.8) is 0 Å². The molecule has 3 rings (SSSR count). The molecule has 0 unspecified atom stereocenters. The van der Waals surface area contributed by atoms with Gasteiger partial charge in [-0.1, -0.05) is 19.3 Å². The monoisotopic (exact) mass is 329 g/mol. The predicted octanol–water partition coefficient (Wildman–Crippen LogP) is 5.37. The van der Waals surface area contributed by atoms with Crippen LogP contribution in [0.25, 0.3) is 0 Å². The SMILES string of the molecule is Cc1cc(NC(=O)c2csc(C3CCCCC3)c2)c(C)cc1O. The van der Waals surface area contributed by atoms with Gasteiger partial charge >= 0.3 is 0 Å². The summed E-state index contributed by atoms with van der Waals surface area (Å²) in [7, 11) is 0. The normalized spacial score (nSPS) is 15.6. The lowest BCUT2D eigenvalue weighted by Gasteiger charge is -2.19. The lowest BCUT2D eigenvalue weighted by Crippen LogP contribution is -2.12. The summed E-state index contributed by atoms with van der Waals surface area (Å²) >= 11 is 1.70. The zero-order valence-electron chi connectivity index (χ0n) is 13.7. The minimum absolute atomic E-state index is 0.0727. The van der Waals surface area contributed by atoms with E-state index < -0.39 is 0 Å². The molecule has 1 heterocycles. The Kier molecular flexibility index (Phi) is 4.71. The Morgan fingerprint density at radius 1 is 1.13 bits per heavy atom. The number of hydrogen-bond donors (Lipinski definition) is 2. The van der Waals surface area contributed by atoms with Crippen LogP contribution in [0, 0.1) is 13.8 Å². The molecule has 0 bridgehead atoms. The number of anilines is 1. The van der Waals surface area contributed by atoms with Gasteiger partial charge in [0, 0.05) is 15.9 Å². The molecule has 0 saturated heterocycles. The van der Waals surface area contributed by atoms with Crippen molar-refractivity contribution in [3.05, 3.63) is 45.1 Å². The molecule has 0 spiro atoms. The quantitative estimate of drug-likeness (QED) is 0.744. The Hall–Kier alpha value is -1.81. The minimum Gasteiger partial charge on any atom is -0.508 e. The number of amides is 1. The van der Waals surface area contributed by atoms with Crippen LogP contribution in [0.5, 0.6) is 5.75 Å². The highest BCUT2D eigenvalue weighted by molar-refractivity contribution is 7.10. The number of phenols is 1. The summed E-state index contributed by atoms with van der Waals surface area (Å²) in [6.45, 7) is 3.71. The van der Waals surface area contributed by atoms with Crippen LogP contribution in [0.1, 0.15) is 64.4 Å². The van der Waals surface area contributed by atoms with Crippen molar-refractivity contribution in [2.75, 3.05) is 5.32 Å². The summed E-state index contributed by atoms with van der Waals surface area (Å²) in [5, 5.41) is 14.6. The fourth-order valence-corrected chi connectivity index (χ4v) is 4.26. The molecule has 1 aliphatic carbocycles. The van der Waals surface area contributed by atoms with Crippen molar-refractivity contribution in [2.24, 2.45) is 0 Å². The molecule has 4 heteroatoms. The number of aromatic hydroxyl groups is 1. The van der Waals surface area contributed by atoms with Gasteiger partial charge in [-0.2, -0.15) is 0 Å². The van der Waals surface area contributed by atoms with Gasteiger partial charge in [-0.15, -0.1) is 11.3 Å². The van der Waals surface area contributed by atoms with Gasteiger partial charge in [-0.3, -0.25) is 4.79 Å². The molecule has 1 aromatic carbocycles. The number of phenolic OH excluding ortho intramolecular Hbond substituents is 1. The molecule has 0 atom stereocenters. The molecule has 0 aliphatic heterocycles. The Morgan fingerprint density at radius 2 is 1.87 bits per heavy atom. The molecule has 1 aromatic heterocycles. The first-order valence-corrected chi connectivity index (χ1v) is 9.12. The third kappa shape index (κ3) is 3.58. The summed E-state index contributed by atoms with van der Waals surface area (Å²) in [5.74, 6) is 0.820. The number of nitrogens with one attached hydrogen (secondary N) is 1. The van der Waals surface area contributed by atoms with Crippen molar-refractivity contribution in [3.8, 4) is 5.75 Å². The van der Waals surface area contributed by atoms with E-state index >= 15 is 0 Å². The Bertz CT molecular complexity index is 714. The Labute approximate surface area is 141 Å². The van der Waals surface area contributed by atoms with E-state index in [4.69, 9.17) is 0 Å². The highest BCUT2D eigenvalue weighted by Crippen LogP contribution is 2.36. The number of aryl methyl sites for hydroxylation is 2. The van der Waals surface area contributed by atoms with E-state index in [0.717, 1.165) is 22.4 Å². The number of carbonyl (C=O) groups is 1. The van der Waals surface area contributed by atoms with Gasteiger partial charge < -0.3 is 10.4 Å². The van der Waals surface area contributed by atoms with Gasteiger partial charge in [-0.05, 0) is 61.9 Å². The number of carbonyl (C=O) groups excluding carboxylic acids is 1. The van der Waals surface area contributed by atoms with Gasteiger partial charge in [0.1, 0.15) is 5.75 Å². The molecule has 1 fully saturated rings. The first-order valence-electron chi connectivity index (χ1n) is 8.24. The van der Waals surface area contributed by atoms with Crippen LogP contribution in [0.15, 0.2) is 23.6 Å². The summed E-state index contributed by atoms with van der Waals surface area (Å²) < 4.78 is 0. The second kappa shape index (κ2) is 6.75. The van der Waals surface area contributed by atoms with Crippen LogP contribution in [-0.2, 0) is 0 Å². The second-order valence-electron chi connectivity index (χ2n) is 6.48. The third-order valence-electron chi connectivity index (χ3n) is 4.68. The van der Waals surface area contributed by atoms with Crippen molar-refractivity contribution < 1.29 is 9.90 Å². The average Bonchev–Trinajstić information content (AvgIpc) is 3.03. The molecule has 1 saturated carbocycles. The average molecular weight is 329 g/mol. The first kappa shape index (κ1) is 16.1. The van der Waals surface area contributed by atoms with Crippen LogP contribution in [-0.4, -0.2) is 11.0 Å². The number of benzene rings is 1. The fraction of sp³-hybridized carbons (Fsp3) is 0.421. The maximum atomic E-state index is 12.5. The predicted molar refractivity (Wildman–Crippen MR) is 95.7 cm³/mol. The van der Waals surface area contributed by atoms with E-state index in [-0.39, 0.29) is 11.7 Å². The molecule has 2 aromatic rings. The van der Waals surface area contributed by atoms with Crippen molar-refractivity contribution >= 4 is 22.9 Å². The van der Waals surface area contributed by atoms with Gasteiger partial charge in [-0.25, -0.2) is 0 Å². The number of rotatable bonds is 3. The van der Waals surface area contributed by atoms with Gasteiger partial charge in [0.2, 0.25) is 0 Å². The van der Waals surface area contributed by atoms with E-state index in [2.05, 4.69) is 11.4 Å². The summed E-state index contributed by atoms with van der Waals surface area (Å²) in [6.07, 6.45) is 6.44. The maximum absolute atomic E-state index is 12.5. The van der Waals surface area contributed by atoms with E-state index in [1.165, 1.54) is 37.0 Å². The molecule has 1 aliphatic rings. The molecule has 1 amide bonds. The van der Waals surface area contributed by atoms with Crippen molar-refractivity contribution in [1.29, 1.82) is 0 Å². The Morgan fingerprint density at radius 3 is 2.61 bits per heavy atom. The molecular formula is C19H23NO2S. The lowest BCUT2D eigenvalue weighted by atomic mass is 9.88. The summed E-state index contributed by atoms with van der Waals surface area (Å²) in [6, 6.07) is 5.56. The largest absolute Gasteiger partial charge is 0.508 e. The van der Waals surface area contributed by atoms with Crippen LogP contribution in [0.4, 0.5) is 5.69 Å². The molecule has 2 N–H and O–H groups in total. The van der Waals surface area contributed by atoms with E-state index in [1.54, 1.807) is 17.4 Å². The van der Waals surface area contributed by atoms with E-state index in [1.807, 2.05) is 25.3 Å². The third-order valence-corrected chi connectivity index (χ3v) is 5.78. The van der Waals surface area contributed by atoms with Gasteiger partial charge in [0.15, 0.2) is 0 Å². The van der Waals surface area contributed by atoms with E-state index in [9.17, 15) is 9.90 Å². The topological polar surface area (TPSA) is 49.3 Å². The zero-order valence-corrected chi connectivity index (χ0v) is 14.5. The molecule has 3 nitrogen and oxygen atoms in total. The Balaban J connectivity index is 1.74. The smallest absolute Gasteiger partial charge is 0.256 e. The number of hydrogen-bond acceptors (Lipinski definition) is 3. The highest BCUT2D eigenvalue weighted by atomic mass is 32.1. The minimum atomic E-state index is -0.0727. The van der Waals surface area contributed by atoms with Crippen molar-refractivity contribution in [2.45, 2.75) is 51.9 Å². The highest BCUT2D eigenvalue weighted by Gasteiger charge is 2.19. The zero-order chi connectivity index (χ0) is 16.4. The fourth-order valence-electron chi connectivity index (χ4n) is 3.20. The lowest BCUT2D eigenvalue weighted by molar-refractivity contribution is 0.102. The molecule has 23 heavy (non-hydrogen) atoms. The standard InChI is InChI=1S/C19H23NO2S/c1-12-9-17(21)13(2)8-16(12)20-19(22)15-10-18(23-11-15)14-6-4-3-5-7-14/h8-11,14,21H,3-7H2,1-2H3,(H,20,22). The molecule has 0 radical (unpaired) electrons. The van der Waals surface area contributed by atoms with Crippen LogP contribution < -0.4 is 5.32 Å². The van der Waals surface area contributed by atoms with Crippen LogP contribution in [0.3, 0.4) is 0 Å². The van der Waals surface area contributed by atoms with Gasteiger partial charge in [0.05, 0.1) is 5.56 Å². The van der Waals surface area contributed by atoms with Gasteiger partial charge in [0.25, 0.3) is 5.91 Å². The van der Waals surface area contributed by atoms with Crippen molar-refractivity contribution in [1.82, 2.24) is 0 Å². The van der Waals surface area contributed by atoms with E-state index in [0.29, 0.717) is 5.92 Å². The summed E-state index contributed by atoms with van der Waals surface area (Å²) in [5.41, 5.74) is 3.12. The van der Waals surface area contributed by atoms with Crippen LogP contribution >= 0.6 is 11.3 Å². The summed E-state index contributed by atoms with van der Waals surface area (Å²) in [4.78, 5) is 13.8. The first-order chi connectivity index (χ1) is 11.0. The number of thiophene rings is 1. The second-order valence-corrected chi connectivity index (χ2v) is 7.42.